The van der Waals surface area contributed by atoms with Crippen LogP contribution in [0.15, 0.2) is 70.0 Å². The third kappa shape index (κ3) is 4.13. The first-order valence-corrected chi connectivity index (χ1v) is 9.95. The second kappa shape index (κ2) is 8.34. The van der Waals surface area contributed by atoms with Gasteiger partial charge in [0.25, 0.3) is 11.1 Å². The van der Waals surface area contributed by atoms with Crippen molar-refractivity contribution in [1.82, 2.24) is 4.90 Å². The number of benzene rings is 2. The van der Waals surface area contributed by atoms with Crippen LogP contribution in [-0.2, 0) is 11.3 Å². The van der Waals surface area contributed by atoms with Crippen LogP contribution in [0.25, 0.3) is 17.4 Å². The monoisotopic (exact) mass is 430 g/mol. The van der Waals surface area contributed by atoms with E-state index in [-0.39, 0.29) is 17.0 Å². The molecule has 0 saturated carbocycles. The molecule has 1 aliphatic heterocycles. The highest BCUT2D eigenvalue weighted by molar-refractivity contribution is 8.18. The van der Waals surface area contributed by atoms with E-state index in [1.54, 1.807) is 48.5 Å². The zero-order valence-electron chi connectivity index (χ0n) is 15.9. The van der Waals surface area contributed by atoms with E-state index in [2.05, 4.69) is 6.07 Å². The predicted octanol–water partition coefficient (Wildman–Crippen LogP) is 4.75. The van der Waals surface area contributed by atoms with E-state index in [9.17, 15) is 19.6 Å². The van der Waals surface area contributed by atoms with Gasteiger partial charge in [-0.05, 0) is 47.7 Å². The third-order valence-electron chi connectivity index (χ3n) is 4.66. The van der Waals surface area contributed by atoms with Crippen molar-refractivity contribution >= 4 is 35.0 Å². The van der Waals surface area contributed by atoms with Gasteiger partial charge < -0.3 is 9.52 Å². The number of carboxylic acids is 1. The van der Waals surface area contributed by atoms with Crippen LogP contribution in [-0.4, -0.2) is 27.1 Å². The number of carbonyl (C=O) groups excluding carboxylic acids is 2. The fourth-order valence-electron chi connectivity index (χ4n) is 3.07. The average molecular weight is 430 g/mol. The number of aromatic carboxylic acids is 1. The molecule has 2 heterocycles. The SMILES string of the molecule is N#Cc1ccccc1CN1C(=O)S/C(=C/c2ccc(-c3ccc(C(=O)O)cc3)o2)C1=O. The van der Waals surface area contributed by atoms with E-state index in [0.29, 0.717) is 28.2 Å². The van der Waals surface area contributed by atoms with Crippen molar-refractivity contribution in [2.24, 2.45) is 0 Å². The van der Waals surface area contributed by atoms with Crippen molar-refractivity contribution in [3.63, 3.8) is 0 Å². The Morgan fingerprint density at radius 1 is 1.10 bits per heavy atom. The van der Waals surface area contributed by atoms with E-state index in [1.807, 2.05) is 0 Å². The van der Waals surface area contributed by atoms with Gasteiger partial charge >= 0.3 is 5.97 Å². The van der Waals surface area contributed by atoms with Gasteiger partial charge in [-0.3, -0.25) is 14.5 Å². The minimum atomic E-state index is -1.01. The summed E-state index contributed by atoms with van der Waals surface area (Å²) in [5.41, 5.74) is 1.86. The molecule has 0 atom stereocenters. The van der Waals surface area contributed by atoms with Crippen molar-refractivity contribution in [3.8, 4) is 17.4 Å². The molecule has 0 aliphatic carbocycles. The number of imide groups is 1. The van der Waals surface area contributed by atoms with Crippen molar-refractivity contribution in [2.45, 2.75) is 6.54 Å². The topological polar surface area (TPSA) is 112 Å². The van der Waals surface area contributed by atoms with Crippen molar-refractivity contribution in [1.29, 1.82) is 5.26 Å². The smallest absolute Gasteiger partial charge is 0.335 e. The van der Waals surface area contributed by atoms with Gasteiger partial charge in [-0.15, -0.1) is 0 Å². The molecule has 1 saturated heterocycles. The summed E-state index contributed by atoms with van der Waals surface area (Å²) in [7, 11) is 0. The van der Waals surface area contributed by atoms with Gasteiger partial charge in [-0.2, -0.15) is 5.26 Å². The number of hydrogen-bond acceptors (Lipinski definition) is 6. The fourth-order valence-corrected chi connectivity index (χ4v) is 3.88. The predicted molar refractivity (Wildman–Crippen MR) is 114 cm³/mol. The summed E-state index contributed by atoms with van der Waals surface area (Å²) in [6.45, 7) is 0.0189. The Kier molecular flexibility index (Phi) is 5.43. The van der Waals surface area contributed by atoms with Crippen molar-refractivity contribution in [3.05, 3.63) is 88.0 Å². The molecule has 7 nitrogen and oxygen atoms in total. The summed E-state index contributed by atoms with van der Waals surface area (Å²) >= 11 is 0.810. The highest BCUT2D eigenvalue weighted by Gasteiger charge is 2.35. The molecule has 1 N–H and O–H groups in total. The zero-order chi connectivity index (χ0) is 22.0. The maximum absolute atomic E-state index is 12.7. The standard InChI is InChI=1S/C23H14N2O5S/c24-12-16-3-1-2-4-17(16)13-25-21(26)20(31-23(25)29)11-18-9-10-19(30-18)14-5-7-15(8-6-14)22(27)28/h1-11H,13H2,(H,27,28)/b20-11+. The summed E-state index contributed by atoms with van der Waals surface area (Å²) < 4.78 is 5.74. The summed E-state index contributed by atoms with van der Waals surface area (Å²) in [5.74, 6) is -0.572. The van der Waals surface area contributed by atoms with Gasteiger partial charge in [0.1, 0.15) is 11.5 Å². The lowest BCUT2D eigenvalue weighted by Crippen LogP contribution is -2.27. The van der Waals surface area contributed by atoms with Crippen LogP contribution >= 0.6 is 11.8 Å². The number of hydrogen-bond donors (Lipinski definition) is 1. The van der Waals surface area contributed by atoms with Crippen LogP contribution < -0.4 is 0 Å². The number of carboxylic acid groups (broad SMARTS) is 1. The van der Waals surface area contributed by atoms with Gasteiger partial charge in [0, 0.05) is 11.6 Å². The molecule has 152 valence electrons. The first kappa shape index (κ1) is 20.2. The average Bonchev–Trinajstić information content (AvgIpc) is 3.34. The molecular weight excluding hydrogens is 416 g/mol. The molecule has 1 aromatic heterocycles. The lowest BCUT2D eigenvalue weighted by molar-refractivity contribution is -0.123. The largest absolute Gasteiger partial charge is 0.478 e. The quantitative estimate of drug-likeness (QED) is 0.581. The van der Waals surface area contributed by atoms with Crippen LogP contribution in [0.1, 0.15) is 27.2 Å². The highest BCUT2D eigenvalue weighted by Crippen LogP contribution is 2.34. The van der Waals surface area contributed by atoms with Gasteiger partial charge in [0.2, 0.25) is 0 Å². The van der Waals surface area contributed by atoms with E-state index < -0.39 is 17.1 Å². The minimum Gasteiger partial charge on any atom is -0.478 e. The molecule has 0 bridgehead atoms. The Labute approximate surface area is 181 Å². The van der Waals surface area contributed by atoms with Gasteiger partial charge in [-0.1, -0.05) is 30.3 Å². The molecular formula is C23H14N2O5S. The van der Waals surface area contributed by atoms with Crippen LogP contribution in [0.2, 0.25) is 0 Å². The highest BCUT2D eigenvalue weighted by atomic mass is 32.2. The van der Waals surface area contributed by atoms with Gasteiger partial charge in [-0.25, -0.2) is 4.79 Å². The van der Waals surface area contributed by atoms with Gasteiger partial charge in [0.05, 0.1) is 28.6 Å². The number of thioether (sulfide) groups is 1. The molecule has 1 aliphatic rings. The molecule has 2 aromatic carbocycles. The summed E-state index contributed by atoms with van der Waals surface area (Å²) in [4.78, 5) is 37.4. The lowest BCUT2D eigenvalue weighted by Gasteiger charge is -2.13. The summed E-state index contributed by atoms with van der Waals surface area (Å²) in [6, 6.07) is 18.5. The molecule has 3 aromatic rings. The Morgan fingerprint density at radius 3 is 2.55 bits per heavy atom. The minimum absolute atomic E-state index is 0.0189. The first-order valence-electron chi connectivity index (χ1n) is 9.13. The second-order valence-electron chi connectivity index (χ2n) is 6.62. The van der Waals surface area contributed by atoms with Crippen LogP contribution in [0.3, 0.4) is 0 Å². The first-order chi connectivity index (χ1) is 15.0. The Bertz CT molecular complexity index is 1270. The molecule has 0 spiro atoms. The fraction of sp³-hybridized carbons (Fsp3) is 0.0435. The third-order valence-corrected chi connectivity index (χ3v) is 5.56. The van der Waals surface area contributed by atoms with Crippen LogP contribution in [0, 0.1) is 11.3 Å². The van der Waals surface area contributed by atoms with E-state index in [1.165, 1.54) is 18.2 Å². The van der Waals surface area contributed by atoms with Gasteiger partial charge in [0.15, 0.2) is 0 Å². The second-order valence-corrected chi connectivity index (χ2v) is 7.61. The summed E-state index contributed by atoms with van der Waals surface area (Å²) in [6.07, 6.45) is 1.50. The molecule has 4 rings (SSSR count). The molecule has 0 radical (unpaired) electrons. The van der Waals surface area contributed by atoms with E-state index in [0.717, 1.165) is 16.7 Å². The molecule has 8 heteroatoms. The van der Waals surface area contributed by atoms with Crippen molar-refractivity contribution < 1.29 is 23.9 Å². The van der Waals surface area contributed by atoms with Crippen molar-refractivity contribution in [2.75, 3.05) is 0 Å². The van der Waals surface area contributed by atoms with E-state index >= 15 is 0 Å². The number of nitrogens with zero attached hydrogens (tertiary/aromatic N) is 2. The number of nitriles is 1. The lowest BCUT2D eigenvalue weighted by atomic mass is 10.1. The maximum Gasteiger partial charge on any atom is 0.335 e. The number of rotatable bonds is 5. The van der Waals surface area contributed by atoms with Crippen LogP contribution in [0.4, 0.5) is 4.79 Å². The summed E-state index contributed by atoms with van der Waals surface area (Å²) in [5, 5.41) is 17.8. The Balaban J connectivity index is 1.53. The zero-order valence-corrected chi connectivity index (χ0v) is 16.8. The van der Waals surface area contributed by atoms with Crippen LogP contribution in [0.5, 0.6) is 0 Å². The number of furan rings is 1. The number of amides is 2. The molecule has 31 heavy (non-hydrogen) atoms. The molecule has 2 amide bonds. The maximum atomic E-state index is 12.7. The van der Waals surface area contributed by atoms with E-state index in [4.69, 9.17) is 9.52 Å². The Hall–Kier alpha value is -4.09. The molecule has 1 fully saturated rings. The normalized spacial score (nSPS) is 14.8. The number of carbonyl (C=O) groups is 3. The Morgan fingerprint density at radius 2 is 1.84 bits per heavy atom. The molecule has 0 unspecified atom stereocenters.